The van der Waals surface area contributed by atoms with Crippen LogP contribution in [0.5, 0.6) is 0 Å². The molecular weight excluding hydrogens is 397 g/mol. The van der Waals surface area contributed by atoms with Crippen LogP contribution >= 0.6 is 7.82 Å². The molecule has 2 fully saturated rings. The summed E-state index contributed by atoms with van der Waals surface area (Å²) in [7, 11) is -5.11. The van der Waals surface area contributed by atoms with Crippen LogP contribution in [0.15, 0.2) is 0 Å². The van der Waals surface area contributed by atoms with Gasteiger partial charge in [0.1, 0.15) is 54.9 Å². The van der Waals surface area contributed by atoms with Crippen LogP contribution in [0, 0.1) is 0 Å². The van der Waals surface area contributed by atoms with Gasteiger partial charge in [0.05, 0.1) is 12.6 Å². The first kappa shape index (κ1) is 23.0. The fourth-order valence-electron chi connectivity index (χ4n) is 3.02. The van der Waals surface area contributed by atoms with Gasteiger partial charge in [-0.1, -0.05) is 0 Å². The number of aliphatic hydroxyl groups excluding tert-OH is 7. The Morgan fingerprint density at radius 1 is 0.852 bits per heavy atom. The van der Waals surface area contributed by atoms with E-state index in [-0.39, 0.29) is 0 Å². The molecule has 1 saturated heterocycles. The summed E-state index contributed by atoms with van der Waals surface area (Å²) in [5, 5.41) is 68.2. The average molecular weight is 421 g/mol. The van der Waals surface area contributed by atoms with Crippen LogP contribution in [0.2, 0.25) is 0 Å². The summed E-state index contributed by atoms with van der Waals surface area (Å²) in [6.45, 7) is -0.825. The summed E-state index contributed by atoms with van der Waals surface area (Å²) in [6, 6.07) is -1.57. The molecule has 14 nitrogen and oxygen atoms in total. The Hall–Kier alpha value is -0.290. The second-order valence-corrected chi connectivity index (χ2v) is 7.60. The van der Waals surface area contributed by atoms with Gasteiger partial charge in [-0.3, -0.25) is 4.52 Å². The Kier molecular flexibility index (Phi) is 7.33. The zero-order chi connectivity index (χ0) is 20.7. The van der Waals surface area contributed by atoms with Gasteiger partial charge in [-0.2, -0.15) is 0 Å². The molecule has 1 aliphatic heterocycles. The minimum atomic E-state index is -5.11. The highest BCUT2D eigenvalue weighted by molar-refractivity contribution is 7.46. The van der Waals surface area contributed by atoms with E-state index >= 15 is 0 Å². The summed E-state index contributed by atoms with van der Waals surface area (Å²) >= 11 is 0. The van der Waals surface area contributed by atoms with Gasteiger partial charge < -0.3 is 60.7 Å². The largest absolute Gasteiger partial charge is 0.470 e. The molecule has 0 aromatic rings. The van der Waals surface area contributed by atoms with Gasteiger partial charge in [-0.25, -0.2) is 4.57 Å². The summed E-state index contributed by atoms with van der Waals surface area (Å²) in [5.41, 5.74) is 5.74. The van der Waals surface area contributed by atoms with Crippen molar-refractivity contribution in [3.8, 4) is 0 Å². The van der Waals surface area contributed by atoms with Gasteiger partial charge in [0.2, 0.25) is 0 Å². The Labute approximate surface area is 152 Å². The van der Waals surface area contributed by atoms with Crippen molar-refractivity contribution in [3.63, 3.8) is 0 Å². The number of nitrogens with two attached hydrogens (primary N) is 1. The van der Waals surface area contributed by atoms with Crippen molar-refractivity contribution in [1.82, 2.24) is 0 Å². The number of ether oxygens (including phenoxy) is 2. The minimum Gasteiger partial charge on any atom is -0.394 e. The van der Waals surface area contributed by atoms with Crippen LogP contribution in [0.1, 0.15) is 0 Å². The van der Waals surface area contributed by atoms with Crippen LogP contribution in [0.3, 0.4) is 0 Å². The smallest absolute Gasteiger partial charge is 0.394 e. The second kappa shape index (κ2) is 8.61. The normalized spacial score (nSPS) is 49.2. The summed E-state index contributed by atoms with van der Waals surface area (Å²) < 4.78 is 25.9. The number of phosphoric ester groups is 1. The van der Waals surface area contributed by atoms with E-state index in [2.05, 4.69) is 4.52 Å². The summed E-state index contributed by atoms with van der Waals surface area (Å²) in [5.74, 6) is 0. The lowest BCUT2D eigenvalue weighted by atomic mass is 9.84. The first-order chi connectivity index (χ1) is 12.4. The van der Waals surface area contributed by atoms with Crippen molar-refractivity contribution < 1.29 is 64.1 Å². The van der Waals surface area contributed by atoms with Crippen LogP contribution in [-0.4, -0.2) is 119 Å². The molecule has 0 amide bonds. The lowest BCUT2D eigenvalue weighted by Gasteiger charge is -2.46. The van der Waals surface area contributed by atoms with Crippen LogP contribution in [0.4, 0.5) is 0 Å². The molecule has 2 aliphatic rings. The van der Waals surface area contributed by atoms with Gasteiger partial charge in [0.15, 0.2) is 6.29 Å². The lowest BCUT2D eigenvalue weighted by molar-refractivity contribution is -0.315. The molecule has 11 N–H and O–H groups in total. The molecule has 160 valence electrons. The molecule has 2 rings (SSSR count). The molecule has 0 bridgehead atoms. The topological polar surface area (TPSA) is 253 Å². The molecule has 1 aliphatic carbocycles. The van der Waals surface area contributed by atoms with Crippen molar-refractivity contribution >= 4 is 7.82 Å². The van der Waals surface area contributed by atoms with E-state index in [1.54, 1.807) is 0 Å². The van der Waals surface area contributed by atoms with E-state index in [0.29, 0.717) is 0 Å². The average Bonchev–Trinajstić information content (AvgIpc) is 2.59. The van der Waals surface area contributed by atoms with Gasteiger partial charge >= 0.3 is 7.82 Å². The zero-order valence-corrected chi connectivity index (χ0v) is 14.6. The van der Waals surface area contributed by atoms with Gasteiger partial charge in [0, 0.05) is 0 Å². The van der Waals surface area contributed by atoms with E-state index < -0.39 is 81.7 Å². The number of phosphoric acid groups is 1. The van der Waals surface area contributed by atoms with E-state index in [0.717, 1.165) is 0 Å². The zero-order valence-electron chi connectivity index (χ0n) is 13.7. The molecule has 11 atom stereocenters. The van der Waals surface area contributed by atoms with Crippen molar-refractivity contribution in [3.05, 3.63) is 0 Å². The molecule has 0 aromatic heterocycles. The van der Waals surface area contributed by atoms with E-state index in [9.17, 15) is 40.3 Å². The van der Waals surface area contributed by atoms with Gasteiger partial charge in [0.25, 0.3) is 0 Å². The highest BCUT2D eigenvalue weighted by Gasteiger charge is 2.53. The van der Waals surface area contributed by atoms with E-state index in [4.69, 9.17) is 25.0 Å². The lowest BCUT2D eigenvalue weighted by Crippen LogP contribution is -2.68. The van der Waals surface area contributed by atoms with Crippen molar-refractivity contribution in [2.45, 2.75) is 67.3 Å². The maximum Gasteiger partial charge on any atom is 0.470 e. The summed E-state index contributed by atoms with van der Waals surface area (Å²) in [4.78, 5) is 17.9. The Balaban J connectivity index is 2.21. The third-order valence-corrected chi connectivity index (χ3v) is 5.04. The van der Waals surface area contributed by atoms with Crippen LogP contribution < -0.4 is 5.73 Å². The van der Waals surface area contributed by atoms with Crippen LogP contribution in [-0.2, 0) is 18.6 Å². The molecule has 15 heteroatoms. The standard InChI is InChI=1S/C12H24NO13P/c13-3-10(26-27(21,22)23)4(15)2(1-14)24-12(3)25-11-8(19)6(17)5(16)7(18)9(11)20/h2-12,14-20H,1,13H2,(H2,21,22,23)/t2-,3-,4-,5?,6-,7-,8-,9+,10-,11?,12-/m1/s1. The molecule has 27 heavy (non-hydrogen) atoms. The SMILES string of the molecule is N[C@H]1[C@@H](OC2[C@@H](O)[C@H](O)C(O)[C@@H](O)[C@H]2O)O[C@H](CO)[C@@H](O)[C@@H]1OP(=O)(O)O. The minimum absolute atomic E-state index is 0.825. The fraction of sp³-hybridized carbons (Fsp3) is 1.00. The Morgan fingerprint density at radius 3 is 1.78 bits per heavy atom. The van der Waals surface area contributed by atoms with Crippen LogP contribution in [0.25, 0.3) is 0 Å². The summed E-state index contributed by atoms with van der Waals surface area (Å²) in [6.07, 6.45) is -17.8. The first-order valence-corrected chi connectivity index (χ1v) is 9.41. The monoisotopic (exact) mass is 421 g/mol. The molecular formula is C12H24NO13P. The molecule has 2 unspecified atom stereocenters. The van der Waals surface area contributed by atoms with Crippen molar-refractivity contribution in [2.75, 3.05) is 6.61 Å². The molecule has 1 heterocycles. The number of hydrogen-bond acceptors (Lipinski definition) is 12. The Morgan fingerprint density at radius 2 is 1.33 bits per heavy atom. The second-order valence-electron chi connectivity index (χ2n) is 6.41. The molecule has 1 saturated carbocycles. The number of aliphatic hydroxyl groups is 7. The predicted octanol–water partition coefficient (Wildman–Crippen LogP) is -5.93. The molecule has 0 aromatic carbocycles. The third kappa shape index (κ3) is 4.83. The quantitative estimate of drug-likeness (QED) is 0.186. The highest BCUT2D eigenvalue weighted by Crippen LogP contribution is 2.41. The third-order valence-electron chi connectivity index (χ3n) is 4.52. The maximum absolute atomic E-state index is 11.1. The Bertz CT molecular complexity index is 531. The highest BCUT2D eigenvalue weighted by atomic mass is 31.2. The van der Waals surface area contributed by atoms with Crippen molar-refractivity contribution in [2.24, 2.45) is 5.73 Å². The van der Waals surface area contributed by atoms with E-state index in [1.807, 2.05) is 0 Å². The number of rotatable bonds is 5. The van der Waals surface area contributed by atoms with Crippen molar-refractivity contribution in [1.29, 1.82) is 0 Å². The molecule has 0 spiro atoms. The fourth-order valence-corrected chi connectivity index (χ4v) is 3.60. The van der Waals surface area contributed by atoms with Gasteiger partial charge in [-0.15, -0.1) is 0 Å². The van der Waals surface area contributed by atoms with Gasteiger partial charge in [-0.05, 0) is 0 Å². The number of hydrogen-bond donors (Lipinski definition) is 10. The first-order valence-electron chi connectivity index (χ1n) is 7.88. The molecule has 0 radical (unpaired) electrons. The predicted molar refractivity (Wildman–Crippen MR) is 81.6 cm³/mol. The van der Waals surface area contributed by atoms with E-state index in [1.165, 1.54) is 0 Å². The maximum atomic E-state index is 11.1.